The number of hydrogen-bond acceptors (Lipinski definition) is 5. The van der Waals surface area contributed by atoms with Crippen molar-refractivity contribution in [2.24, 2.45) is 5.73 Å². The number of rotatable bonds is 4. The number of nitrogens with zero attached hydrogens (tertiary/aromatic N) is 3. The third-order valence-electron chi connectivity index (χ3n) is 3.20. The number of hydrogen-bond donors (Lipinski definition) is 2. The van der Waals surface area contributed by atoms with Crippen molar-refractivity contribution in [2.75, 3.05) is 25.0 Å². The molecule has 1 amide bonds. The fourth-order valence-electron chi connectivity index (χ4n) is 2.16. The Hall–Kier alpha value is -1.69. The SMILES string of the molecule is CN(CC1CCCCN1)c1ccc(C(N)=O)nn1. The van der Waals surface area contributed by atoms with Crippen LogP contribution in [0.25, 0.3) is 0 Å². The molecular formula is C12H19N5O. The van der Waals surface area contributed by atoms with E-state index in [1.165, 1.54) is 19.3 Å². The van der Waals surface area contributed by atoms with Gasteiger partial charge >= 0.3 is 0 Å². The lowest BCUT2D eigenvalue weighted by Crippen LogP contribution is -2.42. The fraction of sp³-hybridized carbons (Fsp3) is 0.583. The molecule has 1 unspecified atom stereocenters. The minimum absolute atomic E-state index is 0.197. The molecule has 1 atom stereocenters. The molecule has 2 rings (SSSR count). The molecule has 1 aromatic rings. The number of carbonyl (C=O) groups excluding carboxylic acids is 1. The van der Waals surface area contributed by atoms with E-state index in [0.29, 0.717) is 6.04 Å². The number of nitrogens with one attached hydrogen (secondary N) is 1. The molecule has 1 aliphatic rings. The van der Waals surface area contributed by atoms with Crippen molar-refractivity contribution in [3.05, 3.63) is 17.8 Å². The molecule has 1 aromatic heterocycles. The molecule has 0 radical (unpaired) electrons. The highest BCUT2D eigenvalue weighted by atomic mass is 16.1. The summed E-state index contributed by atoms with van der Waals surface area (Å²) in [5, 5.41) is 11.3. The van der Waals surface area contributed by atoms with Crippen LogP contribution >= 0.6 is 0 Å². The number of amides is 1. The molecule has 98 valence electrons. The van der Waals surface area contributed by atoms with Gasteiger partial charge in [-0.15, -0.1) is 10.2 Å². The van der Waals surface area contributed by atoms with Gasteiger partial charge in [0.25, 0.3) is 5.91 Å². The number of piperidine rings is 1. The molecule has 18 heavy (non-hydrogen) atoms. The van der Waals surface area contributed by atoms with Gasteiger partial charge in [-0.2, -0.15) is 0 Å². The average molecular weight is 249 g/mol. The Bertz CT molecular complexity index is 399. The number of aromatic nitrogens is 2. The summed E-state index contributed by atoms with van der Waals surface area (Å²) in [7, 11) is 1.98. The zero-order valence-corrected chi connectivity index (χ0v) is 10.6. The molecule has 0 spiro atoms. The van der Waals surface area contributed by atoms with E-state index in [1.54, 1.807) is 12.1 Å². The number of nitrogens with two attached hydrogens (primary N) is 1. The molecule has 1 saturated heterocycles. The first-order chi connectivity index (χ1) is 8.66. The number of carbonyl (C=O) groups is 1. The molecule has 0 bridgehead atoms. The maximum Gasteiger partial charge on any atom is 0.269 e. The lowest BCUT2D eigenvalue weighted by molar-refractivity contribution is 0.0994. The summed E-state index contributed by atoms with van der Waals surface area (Å²) in [4.78, 5) is 12.9. The first kappa shape index (κ1) is 12.8. The van der Waals surface area contributed by atoms with Crippen molar-refractivity contribution < 1.29 is 4.79 Å². The second kappa shape index (κ2) is 5.77. The quantitative estimate of drug-likeness (QED) is 0.793. The Morgan fingerprint density at radius 3 is 2.89 bits per heavy atom. The van der Waals surface area contributed by atoms with E-state index in [2.05, 4.69) is 15.5 Å². The Balaban J connectivity index is 1.95. The van der Waals surface area contributed by atoms with E-state index in [1.807, 2.05) is 11.9 Å². The molecule has 6 heteroatoms. The predicted octanol–water partition coefficient (Wildman–Crippen LogP) is 0.154. The van der Waals surface area contributed by atoms with Gasteiger partial charge in [0, 0.05) is 19.6 Å². The van der Waals surface area contributed by atoms with Crippen molar-refractivity contribution in [1.29, 1.82) is 0 Å². The number of primary amides is 1. The van der Waals surface area contributed by atoms with Gasteiger partial charge in [0.05, 0.1) is 0 Å². The second-order valence-electron chi connectivity index (χ2n) is 4.67. The van der Waals surface area contributed by atoms with Crippen LogP contribution in [0.4, 0.5) is 5.82 Å². The van der Waals surface area contributed by atoms with Crippen molar-refractivity contribution in [1.82, 2.24) is 15.5 Å². The van der Waals surface area contributed by atoms with Crippen LogP contribution in [-0.2, 0) is 0 Å². The lowest BCUT2D eigenvalue weighted by Gasteiger charge is -2.28. The largest absolute Gasteiger partial charge is 0.364 e. The Morgan fingerprint density at radius 2 is 2.33 bits per heavy atom. The Kier molecular flexibility index (Phi) is 4.09. The monoisotopic (exact) mass is 249 g/mol. The third-order valence-corrected chi connectivity index (χ3v) is 3.20. The van der Waals surface area contributed by atoms with E-state index < -0.39 is 5.91 Å². The number of anilines is 1. The second-order valence-corrected chi connectivity index (χ2v) is 4.67. The summed E-state index contributed by atoms with van der Waals surface area (Å²) >= 11 is 0. The molecule has 2 heterocycles. The van der Waals surface area contributed by atoms with E-state index in [-0.39, 0.29) is 5.69 Å². The maximum absolute atomic E-state index is 10.9. The third kappa shape index (κ3) is 3.16. The zero-order chi connectivity index (χ0) is 13.0. The predicted molar refractivity (Wildman–Crippen MR) is 69.5 cm³/mol. The summed E-state index contributed by atoms with van der Waals surface area (Å²) in [6.07, 6.45) is 3.72. The van der Waals surface area contributed by atoms with Crippen LogP contribution in [0, 0.1) is 0 Å². The summed E-state index contributed by atoms with van der Waals surface area (Å²) in [6, 6.07) is 3.88. The van der Waals surface area contributed by atoms with Crippen LogP contribution in [0.1, 0.15) is 29.8 Å². The highest BCUT2D eigenvalue weighted by Crippen LogP contribution is 2.12. The minimum Gasteiger partial charge on any atom is -0.364 e. The van der Waals surface area contributed by atoms with E-state index in [9.17, 15) is 4.79 Å². The van der Waals surface area contributed by atoms with Crippen molar-refractivity contribution in [3.8, 4) is 0 Å². The van der Waals surface area contributed by atoms with Crippen LogP contribution in [0.2, 0.25) is 0 Å². The van der Waals surface area contributed by atoms with Crippen LogP contribution in [-0.4, -0.2) is 42.3 Å². The summed E-state index contributed by atoms with van der Waals surface area (Å²) in [5.41, 5.74) is 5.32. The Labute approximate surface area is 107 Å². The lowest BCUT2D eigenvalue weighted by atomic mass is 10.0. The summed E-state index contributed by atoms with van der Waals surface area (Å²) in [6.45, 7) is 1.98. The van der Waals surface area contributed by atoms with Crippen LogP contribution in [0.15, 0.2) is 12.1 Å². The first-order valence-corrected chi connectivity index (χ1v) is 6.25. The van der Waals surface area contributed by atoms with Gasteiger partial charge in [-0.3, -0.25) is 4.79 Å². The topological polar surface area (TPSA) is 84.1 Å². The standard InChI is InChI=1S/C12H19N5O/c1-17(8-9-4-2-3-7-14-9)11-6-5-10(12(13)18)15-16-11/h5-6,9,14H,2-4,7-8H2,1H3,(H2,13,18). The maximum atomic E-state index is 10.9. The molecule has 1 aliphatic heterocycles. The van der Waals surface area contributed by atoms with Gasteiger partial charge in [-0.05, 0) is 31.5 Å². The molecule has 1 fully saturated rings. The van der Waals surface area contributed by atoms with Gasteiger partial charge in [0.15, 0.2) is 11.5 Å². The summed E-state index contributed by atoms with van der Waals surface area (Å²) in [5.74, 6) is 0.207. The molecule has 0 saturated carbocycles. The van der Waals surface area contributed by atoms with E-state index in [0.717, 1.165) is 18.9 Å². The minimum atomic E-state index is -0.550. The van der Waals surface area contributed by atoms with E-state index in [4.69, 9.17) is 5.73 Å². The van der Waals surface area contributed by atoms with Gasteiger partial charge in [-0.1, -0.05) is 6.42 Å². The van der Waals surface area contributed by atoms with E-state index >= 15 is 0 Å². The fourth-order valence-corrected chi connectivity index (χ4v) is 2.16. The molecule has 6 nitrogen and oxygen atoms in total. The van der Waals surface area contributed by atoms with Crippen LogP contribution < -0.4 is 16.0 Å². The van der Waals surface area contributed by atoms with Crippen LogP contribution in [0.5, 0.6) is 0 Å². The molecular weight excluding hydrogens is 230 g/mol. The number of likely N-dealkylation sites (N-methyl/N-ethyl adjacent to an activating group) is 1. The van der Waals surface area contributed by atoms with Gasteiger partial charge < -0.3 is 16.0 Å². The average Bonchev–Trinajstić information content (AvgIpc) is 2.40. The van der Waals surface area contributed by atoms with Crippen molar-refractivity contribution in [3.63, 3.8) is 0 Å². The zero-order valence-electron chi connectivity index (χ0n) is 10.6. The van der Waals surface area contributed by atoms with Crippen LogP contribution in [0.3, 0.4) is 0 Å². The van der Waals surface area contributed by atoms with Crippen molar-refractivity contribution >= 4 is 11.7 Å². The van der Waals surface area contributed by atoms with Gasteiger partial charge in [0.2, 0.25) is 0 Å². The van der Waals surface area contributed by atoms with Gasteiger partial charge in [0.1, 0.15) is 0 Å². The Morgan fingerprint density at radius 1 is 1.50 bits per heavy atom. The molecule has 0 aromatic carbocycles. The summed E-state index contributed by atoms with van der Waals surface area (Å²) < 4.78 is 0. The normalized spacial score (nSPS) is 19.5. The molecule has 3 N–H and O–H groups in total. The first-order valence-electron chi connectivity index (χ1n) is 6.25. The molecule has 0 aliphatic carbocycles. The highest BCUT2D eigenvalue weighted by molar-refractivity contribution is 5.90. The van der Waals surface area contributed by atoms with Crippen molar-refractivity contribution in [2.45, 2.75) is 25.3 Å². The smallest absolute Gasteiger partial charge is 0.269 e. The highest BCUT2D eigenvalue weighted by Gasteiger charge is 2.15. The van der Waals surface area contributed by atoms with Gasteiger partial charge in [-0.25, -0.2) is 0 Å².